The predicted octanol–water partition coefficient (Wildman–Crippen LogP) is 1.70. The van der Waals surface area contributed by atoms with Crippen LogP contribution in [0, 0.1) is 6.92 Å². The van der Waals surface area contributed by atoms with Crippen LogP contribution in [0.15, 0.2) is 12.1 Å². The van der Waals surface area contributed by atoms with Gasteiger partial charge in [0.05, 0.1) is 23.7 Å². The van der Waals surface area contributed by atoms with Crippen molar-refractivity contribution in [2.75, 3.05) is 7.11 Å². The van der Waals surface area contributed by atoms with Crippen LogP contribution in [0.3, 0.4) is 0 Å². The average Bonchev–Trinajstić information content (AvgIpc) is 2.53. The average molecular weight is 204 g/mol. The zero-order valence-electron chi connectivity index (χ0n) is 8.94. The van der Waals surface area contributed by atoms with Gasteiger partial charge in [-0.05, 0) is 19.1 Å². The highest BCUT2D eigenvalue weighted by Crippen LogP contribution is 2.29. The van der Waals surface area contributed by atoms with Gasteiger partial charge in [-0.2, -0.15) is 5.10 Å². The number of fused-ring (bicyclic) bond motifs is 1. The van der Waals surface area contributed by atoms with Gasteiger partial charge in [0.1, 0.15) is 12.0 Å². The van der Waals surface area contributed by atoms with Crippen molar-refractivity contribution in [1.82, 2.24) is 9.78 Å². The minimum atomic E-state index is 0.599. The van der Waals surface area contributed by atoms with Crippen molar-refractivity contribution in [2.45, 2.75) is 6.92 Å². The minimum absolute atomic E-state index is 0.599. The van der Waals surface area contributed by atoms with Gasteiger partial charge in [-0.1, -0.05) is 0 Å². The molecule has 1 aromatic carbocycles. The molecular formula is C11H12N2O2. The number of nitrogens with zero attached hydrogens (tertiary/aromatic N) is 2. The van der Waals surface area contributed by atoms with E-state index in [9.17, 15) is 4.79 Å². The van der Waals surface area contributed by atoms with Gasteiger partial charge in [-0.3, -0.25) is 9.48 Å². The number of hydrogen-bond acceptors (Lipinski definition) is 3. The summed E-state index contributed by atoms with van der Waals surface area (Å²) in [5, 5.41) is 5.26. The highest BCUT2D eigenvalue weighted by molar-refractivity contribution is 5.93. The number of carbonyl (C=O) groups is 1. The smallest absolute Gasteiger partial charge is 0.150 e. The van der Waals surface area contributed by atoms with Crippen LogP contribution >= 0.6 is 0 Å². The molecule has 0 saturated carbocycles. The maximum Gasteiger partial charge on any atom is 0.150 e. The van der Waals surface area contributed by atoms with Crippen molar-refractivity contribution in [3.8, 4) is 5.75 Å². The molecule has 0 aliphatic heterocycles. The van der Waals surface area contributed by atoms with Crippen molar-refractivity contribution in [2.24, 2.45) is 7.05 Å². The molecule has 0 spiro atoms. The van der Waals surface area contributed by atoms with E-state index in [-0.39, 0.29) is 0 Å². The maximum absolute atomic E-state index is 10.8. The highest BCUT2D eigenvalue weighted by atomic mass is 16.5. The lowest BCUT2D eigenvalue weighted by molar-refractivity contribution is 0.112. The molecule has 78 valence electrons. The first-order valence-electron chi connectivity index (χ1n) is 4.64. The van der Waals surface area contributed by atoms with Gasteiger partial charge in [0, 0.05) is 12.6 Å². The van der Waals surface area contributed by atoms with Crippen LogP contribution in [0.1, 0.15) is 16.1 Å². The number of aryl methyl sites for hydroxylation is 2. The van der Waals surface area contributed by atoms with Gasteiger partial charge in [0.15, 0.2) is 0 Å². The fourth-order valence-corrected chi connectivity index (χ4v) is 1.80. The summed E-state index contributed by atoms with van der Waals surface area (Å²) in [6, 6.07) is 3.54. The quantitative estimate of drug-likeness (QED) is 0.699. The van der Waals surface area contributed by atoms with Crippen molar-refractivity contribution in [3.05, 3.63) is 23.4 Å². The van der Waals surface area contributed by atoms with E-state index in [1.807, 2.05) is 20.0 Å². The van der Waals surface area contributed by atoms with Gasteiger partial charge in [-0.25, -0.2) is 0 Å². The van der Waals surface area contributed by atoms with Gasteiger partial charge < -0.3 is 4.74 Å². The Labute approximate surface area is 87.5 Å². The molecular weight excluding hydrogens is 192 g/mol. The second-order valence-corrected chi connectivity index (χ2v) is 3.44. The molecule has 4 nitrogen and oxygen atoms in total. The van der Waals surface area contributed by atoms with Gasteiger partial charge in [0.2, 0.25) is 0 Å². The number of aromatic nitrogens is 2. The molecule has 0 aliphatic rings. The lowest BCUT2D eigenvalue weighted by atomic mass is 10.1. The first-order chi connectivity index (χ1) is 7.17. The predicted molar refractivity (Wildman–Crippen MR) is 57.4 cm³/mol. The number of methoxy groups -OCH3 is 1. The third kappa shape index (κ3) is 1.38. The second kappa shape index (κ2) is 3.38. The van der Waals surface area contributed by atoms with Crippen LogP contribution in [-0.2, 0) is 7.05 Å². The fourth-order valence-electron chi connectivity index (χ4n) is 1.80. The fraction of sp³-hybridized carbons (Fsp3) is 0.273. The standard InChI is InChI=1S/C11H12N2O2/c1-7-11-9(13(2)12-7)4-8(6-14)5-10(11)15-3/h4-6H,1-3H3. The number of benzene rings is 1. The summed E-state index contributed by atoms with van der Waals surface area (Å²) in [7, 11) is 3.44. The minimum Gasteiger partial charge on any atom is -0.496 e. The molecule has 0 unspecified atom stereocenters. The first kappa shape index (κ1) is 9.71. The number of ether oxygens (including phenoxy) is 1. The van der Waals surface area contributed by atoms with E-state index in [2.05, 4.69) is 5.10 Å². The molecule has 0 bridgehead atoms. The number of aldehydes is 1. The highest BCUT2D eigenvalue weighted by Gasteiger charge is 2.11. The first-order valence-corrected chi connectivity index (χ1v) is 4.64. The second-order valence-electron chi connectivity index (χ2n) is 3.44. The normalized spacial score (nSPS) is 10.6. The molecule has 1 aromatic heterocycles. The molecule has 0 atom stereocenters. The Kier molecular flexibility index (Phi) is 2.19. The SMILES string of the molecule is COc1cc(C=O)cc2c1c(C)nn2C. The summed E-state index contributed by atoms with van der Waals surface area (Å²) in [6.45, 7) is 1.92. The molecule has 0 amide bonds. The summed E-state index contributed by atoms with van der Waals surface area (Å²) in [5.41, 5.74) is 2.41. The third-order valence-electron chi connectivity index (χ3n) is 2.47. The number of carbonyl (C=O) groups excluding carboxylic acids is 1. The van der Waals surface area contributed by atoms with Crippen molar-refractivity contribution >= 4 is 17.2 Å². The Balaban J connectivity index is 2.89. The lowest BCUT2D eigenvalue weighted by Crippen LogP contribution is -1.92. The Bertz CT molecular complexity index is 529. The van der Waals surface area contributed by atoms with E-state index in [0.29, 0.717) is 11.3 Å². The Morgan fingerprint density at radius 2 is 2.20 bits per heavy atom. The maximum atomic E-state index is 10.8. The molecule has 4 heteroatoms. The third-order valence-corrected chi connectivity index (χ3v) is 2.47. The van der Waals surface area contributed by atoms with E-state index in [1.165, 1.54) is 0 Å². The summed E-state index contributed by atoms with van der Waals surface area (Å²) in [4.78, 5) is 10.8. The summed E-state index contributed by atoms with van der Waals surface area (Å²) >= 11 is 0. The van der Waals surface area contributed by atoms with Crippen LogP contribution in [0.2, 0.25) is 0 Å². The Morgan fingerprint density at radius 1 is 1.47 bits per heavy atom. The van der Waals surface area contributed by atoms with Crippen LogP contribution in [0.4, 0.5) is 0 Å². The molecule has 2 aromatic rings. The lowest BCUT2D eigenvalue weighted by Gasteiger charge is -2.03. The van der Waals surface area contributed by atoms with Crippen molar-refractivity contribution in [3.63, 3.8) is 0 Å². The number of rotatable bonds is 2. The van der Waals surface area contributed by atoms with Crippen molar-refractivity contribution in [1.29, 1.82) is 0 Å². The van der Waals surface area contributed by atoms with Crippen LogP contribution in [0.5, 0.6) is 5.75 Å². The van der Waals surface area contributed by atoms with Gasteiger partial charge >= 0.3 is 0 Å². The zero-order chi connectivity index (χ0) is 11.0. The van der Waals surface area contributed by atoms with Gasteiger partial charge in [-0.15, -0.1) is 0 Å². The summed E-state index contributed by atoms with van der Waals surface area (Å²) in [5.74, 6) is 0.695. The topological polar surface area (TPSA) is 44.1 Å². The summed E-state index contributed by atoms with van der Waals surface area (Å²) in [6.07, 6.45) is 0.810. The zero-order valence-corrected chi connectivity index (χ0v) is 8.94. The largest absolute Gasteiger partial charge is 0.496 e. The van der Waals surface area contributed by atoms with E-state index in [0.717, 1.165) is 22.9 Å². The summed E-state index contributed by atoms with van der Waals surface area (Å²) < 4.78 is 7.00. The molecule has 0 N–H and O–H groups in total. The molecule has 15 heavy (non-hydrogen) atoms. The Morgan fingerprint density at radius 3 is 2.80 bits per heavy atom. The number of hydrogen-bond donors (Lipinski definition) is 0. The van der Waals surface area contributed by atoms with E-state index in [1.54, 1.807) is 17.9 Å². The van der Waals surface area contributed by atoms with E-state index >= 15 is 0 Å². The Hall–Kier alpha value is -1.84. The van der Waals surface area contributed by atoms with Crippen LogP contribution < -0.4 is 4.74 Å². The molecule has 0 radical (unpaired) electrons. The molecule has 2 rings (SSSR count). The van der Waals surface area contributed by atoms with Crippen LogP contribution in [0.25, 0.3) is 10.9 Å². The molecule has 0 fully saturated rings. The molecule has 0 saturated heterocycles. The monoisotopic (exact) mass is 204 g/mol. The molecule has 1 heterocycles. The van der Waals surface area contributed by atoms with Crippen molar-refractivity contribution < 1.29 is 9.53 Å². The van der Waals surface area contributed by atoms with E-state index < -0.39 is 0 Å². The van der Waals surface area contributed by atoms with Gasteiger partial charge in [0.25, 0.3) is 0 Å². The molecule has 0 aliphatic carbocycles. The van der Waals surface area contributed by atoms with E-state index in [4.69, 9.17) is 4.74 Å². The van der Waals surface area contributed by atoms with Crippen LogP contribution in [-0.4, -0.2) is 23.2 Å².